The van der Waals surface area contributed by atoms with Crippen LogP contribution in [0.5, 0.6) is 17.2 Å². The maximum atomic E-state index is 13.9. The second-order valence-electron chi connectivity index (χ2n) is 34.7. The van der Waals surface area contributed by atoms with Crippen molar-refractivity contribution in [2.45, 2.75) is 90.5 Å². The summed E-state index contributed by atoms with van der Waals surface area (Å²) in [5.74, 6) is 4.18. The van der Waals surface area contributed by atoms with E-state index in [1.807, 2.05) is 110 Å². The molecule has 148 heavy (non-hydrogen) atoms. The molecule has 18 aromatic rings. The maximum Gasteiger partial charge on any atom is 0.179 e. The maximum absolute atomic E-state index is 13.9. The van der Waals surface area contributed by atoms with Gasteiger partial charge in [0.1, 0.15) is 72.9 Å². The largest absolute Gasteiger partial charge is 0.504 e. The fourth-order valence-electron chi connectivity index (χ4n) is 18.6. The Morgan fingerprint density at radius 1 is 0.291 bits per heavy atom. The number of sulfone groups is 6. The monoisotopic (exact) mass is 2140 g/mol. The molecule has 756 valence electrons. The van der Waals surface area contributed by atoms with Gasteiger partial charge in [-0.25, -0.2) is 115 Å². The molecule has 0 unspecified atom stereocenters. The number of aryl methyl sites for hydroxylation is 6. The first-order chi connectivity index (χ1) is 71.3. The topological polar surface area (TPSA) is 511 Å². The van der Waals surface area contributed by atoms with Crippen LogP contribution in [-0.2, 0) is 110 Å². The van der Waals surface area contributed by atoms with Crippen LogP contribution in [0, 0.1) is 5.82 Å². The number of thioether (sulfide) groups is 2. The SMILES string of the molecule is COc1ccc(Nc2ncnc3ccc4c(c23)CCS4(=O)=O)cc1F.COc1ccc(Nc2ncnc3ccc4c(c23)CCS4(=O)=O)cc1O.CSc1ccc(Nc2ncnc3ccc4c(c23)CCS4(=O)=O)cc1.CSc1cccc(Nc2ncnc3ccc4c(c23)CCS4(=O)=O)c1.O=S1(=O)CCc2c1ccc1ncnc(Nc3ccc(CCO)cc3)c21.O=S1(=O)CCc2c1ccc1ncnc(Nc3cccc(CCO)c3)c21. The zero-order chi connectivity index (χ0) is 104. The number of phenols is 1. The molecule has 6 aliphatic heterocycles. The first-order valence-electron chi connectivity index (χ1n) is 46.3. The van der Waals surface area contributed by atoms with E-state index < -0.39 is 64.8 Å². The van der Waals surface area contributed by atoms with Gasteiger partial charge in [0.25, 0.3) is 0 Å². The van der Waals surface area contributed by atoms with Gasteiger partial charge in [-0.1, -0.05) is 30.3 Å². The number of nitrogens with zero attached hydrogens (tertiary/aromatic N) is 12. The predicted molar refractivity (Wildman–Crippen MR) is 570 cm³/mol. The molecule has 6 aliphatic rings. The van der Waals surface area contributed by atoms with E-state index in [4.69, 9.17) is 19.7 Å². The van der Waals surface area contributed by atoms with E-state index >= 15 is 0 Å². The molecule has 6 aromatic heterocycles. The third-order valence-electron chi connectivity index (χ3n) is 25.7. The fourth-order valence-corrected chi connectivity index (χ4v) is 28.8. The number of rotatable bonds is 20. The quantitative estimate of drug-likeness (QED) is 0.0320. The minimum absolute atomic E-state index is 0.00123. The molecule has 0 spiro atoms. The summed E-state index contributed by atoms with van der Waals surface area (Å²) in [5, 5.41) is 51.8. The Labute approximate surface area is 858 Å². The summed E-state index contributed by atoms with van der Waals surface area (Å²) in [7, 11) is -16.4. The van der Waals surface area contributed by atoms with Gasteiger partial charge in [0, 0.05) is 102 Å². The van der Waals surface area contributed by atoms with Crippen LogP contribution in [0.2, 0.25) is 0 Å². The average Bonchev–Trinajstić information content (AvgIpc) is 1.61. The highest BCUT2D eigenvalue weighted by atomic mass is 32.2. The third kappa shape index (κ3) is 21.3. The standard InChI is InChI=1S/2C18H17N3O3S.C17H14FN3O3S.C17H15N3O4S.2C17H15N3O2S2/c22-9-7-12-1-3-13(4-2-12)21-18-17-14-8-10-25(23,24)16(14)6-5-15(17)19-11-20-18;22-8-6-12-2-1-3-13(10-12)21-18-17-14-7-9-25(23,24)16(14)5-4-15(17)19-11-20-18;1-24-14-4-2-10(8-12(14)18)21-17-16-11-6-7-25(22,23)15(11)5-3-13(16)19-9-20-17;1-24-14-4-2-10(8-13(14)21)20-17-16-11-6-7-25(22,23)15(11)5-3-12(16)18-9-19-17;1-23-12-4-2-11(3-5-12)20-17-16-13-8-9-24(21,22)15(13)7-6-14(16)18-10-19-17;1-23-12-4-2-3-11(9-12)20-17-16-13-7-8-24(21,22)15(13)6-5-14(16)18-10-19-17/h1-6,11,22H,7-10H2,(H,19,20,21);1-5,10-11,22H,6-9H2,(H,19,20,21);2-5,8-9H,6-7H2,1H3,(H,19,20,21);2-5,8-9,21H,6-7H2,1H3,(H,18,19,20);2-7,10H,8-9H2,1H3,(H,18,19,20);2-6,9-10H,7-8H2,1H3,(H,18,19,20). The van der Waals surface area contributed by atoms with Gasteiger partial charge in [0.2, 0.25) is 0 Å². The summed E-state index contributed by atoms with van der Waals surface area (Å²) in [5.41, 5.74) is 15.6. The number of nitrogens with one attached hydrogen (secondary N) is 6. The van der Waals surface area contributed by atoms with Gasteiger partial charge >= 0.3 is 0 Å². The van der Waals surface area contributed by atoms with Gasteiger partial charge in [-0.15, -0.1) is 23.5 Å². The smallest absolute Gasteiger partial charge is 0.179 e. The third-order valence-corrected chi connectivity index (χ3v) is 37.9. The number of aromatic nitrogens is 12. The van der Waals surface area contributed by atoms with E-state index in [0.29, 0.717) is 160 Å². The van der Waals surface area contributed by atoms with Crippen molar-refractivity contribution < 1.29 is 79.7 Å². The zero-order valence-corrected chi connectivity index (χ0v) is 86.0. The molecule has 0 amide bonds. The average molecular weight is 2140 g/mol. The molecule has 0 saturated carbocycles. The summed E-state index contributed by atoms with van der Waals surface area (Å²) in [4.78, 5) is 56.0. The van der Waals surface area contributed by atoms with E-state index in [1.54, 1.807) is 115 Å². The summed E-state index contributed by atoms with van der Waals surface area (Å²) in [6, 6.07) is 61.0. The number of hydrogen-bond acceptors (Lipinski definition) is 37. The molecule has 0 radical (unpaired) electrons. The molecule has 0 fully saturated rings. The highest BCUT2D eigenvalue weighted by Crippen LogP contribution is 2.45. The van der Waals surface area contributed by atoms with Gasteiger partial charge in [0.15, 0.2) is 82.1 Å². The number of ether oxygens (including phenoxy) is 2. The van der Waals surface area contributed by atoms with Crippen LogP contribution < -0.4 is 41.4 Å². The summed E-state index contributed by atoms with van der Waals surface area (Å²) < 4.78 is 170. The van der Waals surface area contributed by atoms with Gasteiger partial charge in [-0.3, -0.25) is 0 Å². The number of phenolic OH excluding ortho intramolecular Hbond substituents is 1. The molecule has 0 bridgehead atoms. The van der Waals surface area contributed by atoms with Crippen LogP contribution in [0.1, 0.15) is 44.5 Å². The van der Waals surface area contributed by atoms with Gasteiger partial charge in [0.05, 0.1) is 111 Å². The van der Waals surface area contributed by atoms with Crippen molar-refractivity contribution in [1.29, 1.82) is 0 Å². The van der Waals surface area contributed by atoms with Crippen molar-refractivity contribution >= 4 is 217 Å². The lowest BCUT2D eigenvalue weighted by molar-refractivity contribution is 0.299. The van der Waals surface area contributed by atoms with Crippen LogP contribution >= 0.6 is 23.5 Å². The lowest BCUT2D eigenvalue weighted by atomic mass is 10.1. The normalized spacial score (nSPS) is 15.2. The number of fused-ring (bicyclic) bond motifs is 18. The molecule has 0 aliphatic carbocycles. The number of halogens is 1. The van der Waals surface area contributed by atoms with E-state index in [2.05, 4.69) is 91.7 Å². The Balaban J connectivity index is 0.000000112. The molecular weight excluding hydrogens is 2050 g/mol. The molecule has 44 heteroatoms. The van der Waals surface area contributed by atoms with Crippen molar-refractivity contribution in [2.75, 3.05) is 106 Å². The summed E-state index contributed by atoms with van der Waals surface area (Å²) in [6.45, 7) is 0.204. The highest BCUT2D eigenvalue weighted by Gasteiger charge is 2.36. The number of anilines is 12. The Hall–Kier alpha value is -14.9. The molecule has 12 heterocycles. The minimum Gasteiger partial charge on any atom is -0.504 e. The van der Waals surface area contributed by atoms with E-state index in [1.165, 1.54) is 75.3 Å². The van der Waals surface area contributed by atoms with Crippen molar-refractivity contribution in [2.24, 2.45) is 0 Å². The Kier molecular flexibility index (Phi) is 29.2. The zero-order valence-electron chi connectivity index (χ0n) is 79.5. The van der Waals surface area contributed by atoms with Gasteiger partial charge < -0.3 is 56.7 Å². The van der Waals surface area contributed by atoms with Crippen LogP contribution in [0.25, 0.3) is 65.4 Å². The lowest BCUT2D eigenvalue weighted by Gasteiger charge is -2.12. The van der Waals surface area contributed by atoms with E-state index in [9.17, 15) is 60.0 Å². The Morgan fingerprint density at radius 3 is 0.858 bits per heavy atom. The van der Waals surface area contributed by atoms with Crippen LogP contribution in [-0.4, -0.2) is 200 Å². The second-order valence-corrected chi connectivity index (χ2v) is 48.9. The Morgan fingerprint density at radius 2 is 0.561 bits per heavy atom. The van der Waals surface area contributed by atoms with Gasteiger partial charge in [-0.05, 0) is 272 Å². The van der Waals surface area contributed by atoms with Crippen LogP contribution in [0.4, 0.5) is 73.4 Å². The number of methoxy groups -OCH3 is 2. The van der Waals surface area contributed by atoms with Crippen molar-refractivity contribution in [3.8, 4) is 17.2 Å². The minimum atomic E-state index is -3.26. The van der Waals surface area contributed by atoms with Crippen molar-refractivity contribution in [3.05, 3.63) is 295 Å². The number of benzene rings is 12. The molecule has 24 rings (SSSR count). The van der Waals surface area contributed by atoms with E-state index in [0.717, 1.165) is 110 Å². The van der Waals surface area contributed by atoms with Gasteiger partial charge in [-0.2, -0.15) is 0 Å². The molecule has 9 N–H and O–H groups in total. The number of aliphatic hydroxyl groups excluding tert-OH is 2. The highest BCUT2D eigenvalue weighted by molar-refractivity contribution is 7.99. The predicted octanol–water partition coefficient (Wildman–Crippen LogP) is 16.6. The van der Waals surface area contributed by atoms with Crippen molar-refractivity contribution in [3.63, 3.8) is 0 Å². The summed E-state index contributed by atoms with van der Waals surface area (Å²) >= 11 is 3.35. The number of aromatic hydroxyl groups is 1. The fraction of sp³-hybridized carbons (Fsp3) is 0.192. The van der Waals surface area contributed by atoms with E-state index in [-0.39, 0.29) is 59.2 Å². The molecule has 12 aromatic carbocycles. The molecule has 35 nitrogen and oxygen atoms in total. The first kappa shape index (κ1) is 102. The number of hydrogen-bond donors (Lipinski definition) is 9. The molecule has 0 atom stereocenters. The summed E-state index contributed by atoms with van der Waals surface area (Å²) in [6.07, 6.45) is 16.8. The van der Waals surface area contributed by atoms with Crippen LogP contribution in [0.3, 0.4) is 0 Å². The molecular formula is C104H93FN18O17S8. The number of aliphatic hydroxyl groups is 2. The Bertz CT molecular complexity index is 8900. The van der Waals surface area contributed by atoms with Crippen LogP contribution in [0.15, 0.2) is 283 Å². The van der Waals surface area contributed by atoms with Crippen molar-refractivity contribution in [1.82, 2.24) is 59.8 Å². The lowest BCUT2D eigenvalue weighted by Crippen LogP contribution is -2.00. The second kappa shape index (κ2) is 42.5. The molecule has 0 saturated heterocycles. The first-order valence-corrected chi connectivity index (χ1v) is 58.7.